The highest BCUT2D eigenvalue weighted by molar-refractivity contribution is 5.94. The van der Waals surface area contributed by atoms with Gasteiger partial charge >= 0.3 is 5.63 Å². The predicted octanol–water partition coefficient (Wildman–Crippen LogP) is 3.08. The first-order chi connectivity index (χ1) is 12.9. The maximum absolute atomic E-state index is 12.1. The Hall–Kier alpha value is -3.61. The van der Waals surface area contributed by atoms with E-state index in [1.807, 2.05) is 6.92 Å². The molecule has 138 valence electrons. The third-order valence-electron chi connectivity index (χ3n) is 3.76. The van der Waals surface area contributed by atoms with Crippen LogP contribution in [-0.2, 0) is 9.59 Å². The Labute approximate surface area is 154 Å². The van der Waals surface area contributed by atoms with Crippen molar-refractivity contribution in [2.45, 2.75) is 13.8 Å². The van der Waals surface area contributed by atoms with Gasteiger partial charge in [-0.25, -0.2) is 4.79 Å². The van der Waals surface area contributed by atoms with Gasteiger partial charge in [-0.1, -0.05) is 6.07 Å². The molecule has 3 aromatic rings. The number of fused-ring (bicyclic) bond motifs is 1. The lowest BCUT2D eigenvalue weighted by Gasteiger charge is -2.10. The van der Waals surface area contributed by atoms with E-state index in [2.05, 4.69) is 10.6 Å². The van der Waals surface area contributed by atoms with Crippen molar-refractivity contribution in [1.82, 2.24) is 0 Å². The average molecular weight is 366 g/mol. The molecule has 0 aliphatic heterocycles. The van der Waals surface area contributed by atoms with Crippen LogP contribution in [0.15, 0.2) is 57.7 Å². The van der Waals surface area contributed by atoms with Crippen molar-refractivity contribution >= 4 is 34.2 Å². The van der Waals surface area contributed by atoms with Crippen molar-refractivity contribution < 1.29 is 18.7 Å². The molecule has 0 saturated carbocycles. The number of amides is 2. The minimum absolute atomic E-state index is 0.194. The van der Waals surface area contributed by atoms with Gasteiger partial charge in [0.25, 0.3) is 5.91 Å². The van der Waals surface area contributed by atoms with Crippen LogP contribution < -0.4 is 21.0 Å². The molecule has 2 aromatic carbocycles. The van der Waals surface area contributed by atoms with Crippen LogP contribution >= 0.6 is 0 Å². The summed E-state index contributed by atoms with van der Waals surface area (Å²) in [7, 11) is 0. The van der Waals surface area contributed by atoms with E-state index in [0.29, 0.717) is 22.7 Å². The van der Waals surface area contributed by atoms with Crippen LogP contribution in [0.3, 0.4) is 0 Å². The Kier molecular flexibility index (Phi) is 5.21. The number of carbonyl (C=O) groups is 2. The topological polar surface area (TPSA) is 97.6 Å². The molecule has 1 heterocycles. The molecular formula is C20H18N2O5. The smallest absolute Gasteiger partial charge is 0.336 e. The van der Waals surface area contributed by atoms with E-state index < -0.39 is 5.63 Å². The second-order valence-corrected chi connectivity index (χ2v) is 6.01. The molecule has 2 amide bonds. The number of ether oxygens (including phenoxy) is 1. The van der Waals surface area contributed by atoms with Crippen LogP contribution in [0.2, 0.25) is 0 Å². The SMILES string of the molecule is CC(=O)Nc1cccc(NC(=O)COc2ccc3c(C)cc(=O)oc3c2)c1. The molecule has 0 atom stereocenters. The lowest BCUT2D eigenvalue weighted by Crippen LogP contribution is -2.20. The van der Waals surface area contributed by atoms with Crippen LogP contribution in [0.4, 0.5) is 11.4 Å². The molecule has 7 heteroatoms. The zero-order chi connectivity index (χ0) is 19.4. The highest BCUT2D eigenvalue weighted by Gasteiger charge is 2.07. The standard InChI is InChI=1S/C20H18N2O5/c1-12-8-20(25)27-18-10-16(6-7-17(12)18)26-11-19(24)22-15-5-3-4-14(9-15)21-13(2)23/h3-10H,11H2,1-2H3,(H,21,23)(H,22,24). The van der Waals surface area contributed by atoms with Crippen molar-refractivity contribution in [3.05, 3.63) is 64.5 Å². The number of rotatable bonds is 5. The number of anilines is 2. The van der Waals surface area contributed by atoms with Crippen LogP contribution in [0.5, 0.6) is 5.75 Å². The quantitative estimate of drug-likeness (QED) is 0.676. The summed E-state index contributed by atoms with van der Waals surface area (Å²) in [4.78, 5) is 34.7. The van der Waals surface area contributed by atoms with E-state index in [-0.39, 0.29) is 18.4 Å². The van der Waals surface area contributed by atoms with E-state index in [4.69, 9.17) is 9.15 Å². The predicted molar refractivity (Wildman–Crippen MR) is 102 cm³/mol. The fraction of sp³-hybridized carbons (Fsp3) is 0.150. The largest absolute Gasteiger partial charge is 0.484 e. The maximum atomic E-state index is 12.1. The molecule has 3 rings (SSSR count). The normalized spacial score (nSPS) is 10.4. The van der Waals surface area contributed by atoms with Crippen molar-refractivity contribution in [2.24, 2.45) is 0 Å². The molecule has 7 nitrogen and oxygen atoms in total. The monoisotopic (exact) mass is 366 g/mol. The van der Waals surface area contributed by atoms with Gasteiger partial charge < -0.3 is 19.8 Å². The zero-order valence-electron chi connectivity index (χ0n) is 14.9. The summed E-state index contributed by atoms with van der Waals surface area (Å²) in [6.07, 6.45) is 0. The van der Waals surface area contributed by atoms with Crippen LogP contribution in [0.1, 0.15) is 12.5 Å². The van der Waals surface area contributed by atoms with Gasteiger partial charge in [-0.2, -0.15) is 0 Å². The molecule has 0 unspecified atom stereocenters. The maximum Gasteiger partial charge on any atom is 0.336 e. The Morgan fingerprint density at radius 2 is 1.78 bits per heavy atom. The van der Waals surface area contributed by atoms with Crippen LogP contribution in [-0.4, -0.2) is 18.4 Å². The Morgan fingerprint density at radius 1 is 1.04 bits per heavy atom. The fourth-order valence-corrected chi connectivity index (χ4v) is 2.62. The molecule has 0 radical (unpaired) electrons. The first kappa shape index (κ1) is 18.2. The number of hydrogen-bond acceptors (Lipinski definition) is 5. The van der Waals surface area contributed by atoms with Gasteiger partial charge in [0, 0.05) is 35.8 Å². The van der Waals surface area contributed by atoms with Crippen molar-refractivity contribution in [2.75, 3.05) is 17.2 Å². The summed E-state index contributed by atoms with van der Waals surface area (Å²) in [5.74, 6) is -0.140. The fourth-order valence-electron chi connectivity index (χ4n) is 2.62. The van der Waals surface area contributed by atoms with Gasteiger partial charge in [-0.3, -0.25) is 9.59 Å². The first-order valence-electron chi connectivity index (χ1n) is 8.25. The number of carbonyl (C=O) groups excluding carboxylic acids is 2. The number of hydrogen-bond donors (Lipinski definition) is 2. The molecule has 27 heavy (non-hydrogen) atoms. The van der Waals surface area contributed by atoms with Crippen molar-refractivity contribution in [1.29, 1.82) is 0 Å². The van der Waals surface area contributed by atoms with Gasteiger partial charge in [0.2, 0.25) is 5.91 Å². The molecule has 0 saturated heterocycles. The van der Waals surface area contributed by atoms with Crippen LogP contribution in [0.25, 0.3) is 11.0 Å². The zero-order valence-corrected chi connectivity index (χ0v) is 14.9. The molecule has 0 aliphatic rings. The van der Waals surface area contributed by atoms with Crippen molar-refractivity contribution in [3.8, 4) is 5.75 Å². The highest BCUT2D eigenvalue weighted by Crippen LogP contribution is 2.22. The third-order valence-corrected chi connectivity index (χ3v) is 3.76. The molecule has 0 aliphatic carbocycles. The second kappa shape index (κ2) is 7.74. The Balaban J connectivity index is 1.65. The molecule has 1 aromatic heterocycles. The highest BCUT2D eigenvalue weighted by atomic mass is 16.5. The molecular weight excluding hydrogens is 348 g/mol. The summed E-state index contributed by atoms with van der Waals surface area (Å²) in [5, 5.41) is 6.14. The molecule has 0 spiro atoms. The second-order valence-electron chi connectivity index (χ2n) is 6.01. The third kappa shape index (κ3) is 4.72. The molecule has 0 bridgehead atoms. The summed E-state index contributed by atoms with van der Waals surface area (Å²) in [6.45, 7) is 3.01. The summed E-state index contributed by atoms with van der Waals surface area (Å²) in [6, 6.07) is 13.3. The Morgan fingerprint density at radius 3 is 2.52 bits per heavy atom. The van der Waals surface area contributed by atoms with E-state index in [1.54, 1.807) is 42.5 Å². The van der Waals surface area contributed by atoms with Gasteiger partial charge in [-0.15, -0.1) is 0 Å². The summed E-state index contributed by atoms with van der Waals surface area (Å²) in [5.41, 5.74) is 1.90. The number of nitrogens with one attached hydrogen (secondary N) is 2. The van der Waals surface area contributed by atoms with Gasteiger partial charge in [0.15, 0.2) is 6.61 Å². The minimum Gasteiger partial charge on any atom is -0.484 e. The number of benzene rings is 2. The van der Waals surface area contributed by atoms with Crippen molar-refractivity contribution in [3.63, 3.8) is 0 Å². The summed E-state index contributed by atoms with van der Waals surface area (Å²) < 4.78 is 10.6. The van der Waals surface area contributed by atoms with Gasteiger partial charge in [0.1, 0.15) is 11.3 Å². The molecule has 2 N–H and O–H groups in total. The average Bonchev–Trinajstić information content (AvgIpc) is 2.59. The van der Waals surface area contributed by atoms with E-state index >= 15 is 0 Å². The lowest BCUT2D eigenvalue weighted by molar-refractivity contribution is -0.118. The van der Waals surface area contributed by atoms with Crippen LogP contribution in [0, 0.1) is 6.92 Å². The first-order valence-corrected chi connectivity index (χ1v) is 8.25. The number of aryl methyl sites for hydroxylation is 1. The van der Waals surface area contributed by atoms with E-state index in [9.17, 15) is 14.4 Å². The van der Waals surface area contributed by atoms with E-state index in [1.165, 1.54) is 13.0 Å². The van der Waals surface area contributed by atoms with Gasteiger partial charge in [0.05, 0.1) is 0 Å². The Bertz CT molecular complexity index is 1070. The minimum atomic E-state index is -0.436. The summed E-state index contributed by atoms with van der Waals surface area (Å²) >= 11 is 0. The van der Waals surface area contributed by atoms with Gasteiger partial charge in [-0.05, 0) is 42.8 Å². The lowest BCUT2D eigenvalue weighted by atomic mass is 10.1. The van der Waals surface area contributed by atoms with E-state index in [0.717, 1.165) is 10.9 Å². The molecule has 0 fully saturated rings.